The van der Waals surface area contributed by atoms with Crippen LogP contribution in [-0.4, -0.2) is 10.1 Å². The van der Waals surface area contributed by atoms with Crippen LogP contribution in [0.5, 0.6) is 5.75 Å². The summed E-state index contributed by atoms with van der Waals surface area (Å²) in [6.45, 7) is 12.5. The number of aromatic nitrogens is 1. The Hall–Kier alpha value is -1.57. The minimum Gasteiger partial charge on any atom is -0.506 e. The molecule has 0 aliphatic heterocycles. The van der Waals surface area contributed by atoms with Crippen molar-refractivity contribution in [3.8, 4) is 5.75 Å². The predicted molar refractivity (Wildman–Crippen MR) is 89.3 cm³/mol. The lowest BCUT2D eigenvalue weighted by molar-refractivity contribution is 0.461. The first-order chi connectivity index (χ1) is 9.60. The zero-order valence-corrected chi connectivity index (χ0v) is 13.8. The van der Waals surface area contributed by atoms with Gasteiger partial charge in [0, 0.05) is 10.9 Å². The van der Waals surface area contributed by atoms with Crippen LogP contribution in [0.15, 0.2) is 30.5 Å². The van der Waals surface area contributed by atoms with E-state index in [0.29, 0.717) is 11.7 Å². The van der Waals surface area contributed by atoms with Gasteiger partial charge in [0.2, 0.25) is 0 Å². The molecule has 0 radical (unpaired) electrons. The van der Waals surface area contributed by atoms with Gasteiger partial charge in [-0.3, -0.25) is 4.98 Å². The molecule has 20 heavy (non-hydrogen) atoms. The van der Waals surface area contributed by atoms with Gasteiger partial charge in [-0.15, -0.1) is 0 Å². The second-order valence-corrected chi connectivity index (χ2v) is 4.94. The fourth-order valence-corrected chi connectivity index (χ4v) is 1.81. The van der Waals surface area contributed by atoms with Crippen LogP contribution in [0.25, 0.3) is 10.9 Å². The van der Waals surface area contributed by atoms with Gasteiger partial charge < -0.3 is 5.11 Å². The van der Waals surface area contributed by atoms with E-state index in [0.717, 1.165) is 22.9 Å². The number of rotatable bonds is 2. The fraction of sp³-hybridized carbons (Fsp3) is 0.500. The van der Waals surface area contributed by atoms with E-state index in [4.69, 9.17) is 0 Å². The van der Waals surface area contributed by atoms with Crippen molar-refractivity contribution in [2.75, 3.05) is 0 Å². The molecule has 2 nitrogen and oxygen atoms in total. The molecule has 0 aliphatic carbocycles. The standard InChI is InChI=1S/C13H15NO.C3H8.C2H6/c1-9(2)7-11-10-5-3-4-6-12(10)14-8-13(11)15;1-3-2;1-2/h3-6,8-9,15H,7H2,1-2H3;3H2,1-2H3;1-2H3. The third kappa shape index (κ3) is 5.60. The average Bonchev–Trinajstić information content (AvgIpc) is 2.45. The summed E-state index contributed by atoms with van der Waals surface area (Å²) < 4.78 is 0. The van der Waals surface area contributed by atoms with Crippen LogP contribution >= 0.6 is 0 Å². The number of benzene rings is 1. The number of pyridine rings is 1. The highest BCUT2D eigenvalue weighted by atomic mass is 16.3. The Morgan fingerprint density at radius 1 is 1.10 bits per heavy atom. The molecule has 1 aromatic carbocycles. The molecule has 0 spiro atoms. The number of hydrogen-bond acceptors (Lipinski definition) is 2. The Bertz CT molecular complexity index is 492. The molecule has 0 fully saturated rings. The van der Waals surface area contributed by atoms with E-state index in [9.17, 15) is 5.11 Å². The van der Waals surface area contributed by atoms with Crippen molar-refractivity contribution in [3.05, 3.63) is 36.0 Å². The van der Waals surface area contributed by atoms with Crippen molar-refractivity contribution in [1.29, 1.82) is 0 Å². The van der Waals surface area contributed by atoms with Crippen LogP contribution in [0.2, 0.25) is 0 Å². The van der Waals surface area contributed by atoms with E-state index < -0.39 is 0 Å². The molecule has 1 N–H and O–H groups in total. The monoisotopic (exact) mass is 275 g/mol. The maximum atomic E-state index is 9.79. The number of hydrogen-bond donors (Lipinski definition) is 1. The van der Waals surface area contributed by atoms with Crippen LogP contribution in [0.3, 0.4) is 0 Å². The van der Waals surface area contributed by atoms with Gasteiger partial charge in [0.05, 0.1) is 11.7 Å². The lowest BCUT2D eigenvalue weighted by atomic mass is 9.99. The number of fused-ring (bicyclic) bond motifs is 1. The molecule has 2 aromatic rings. The zero-order valence-electron chi connectivity index (χ0n) is 13.8. The molecular formula is C18H29NO. The van der Waals surface area contributed by atoms with Gasteiger partial charge >= 0.3 is 0 Å². The summed E-state index contributed by atoms with van der Waals surface area (Å²) in [5.41, 5.74) is 1.96. The van der Waals surface area contributed by atoms with Gasteiger partial charge in [-0.25, -0.2) is 0 Å². The molecule has 0 unspecified atom stereocenters. The lowest BCUT2D eigenvalue weighted by Gasteiger charge is -2.10. The molecule has 2 heteroatoms. The minimum absolute atomic E-state index is 0.308. The highest BCUT2D eigenvalue weighted by molar-refractivity contribution is 5.83. The van der Waals surface area contributed by atoms with E-state index in [1.807, 2.05) is 38.1 Å². The van der Waals surface area contributed by atoms with Crippen LogP contribution < -0.4 is 0 Å². The summed E-state index contributed by atoms with van der Waals surface area (Å²) in [6, 6.07) is 7.93. The van der Waals surface area contributed by atoms with E-state index in [-0.39, 0.29) is 0 Å². The summed E-state index contributed by atoms with van der Waals surface area (Å²) in [5, 5.41) is 10.9. The van der Waals surface area contributed by atoms with Crippen molar-refractivity contribution in [2.45, 2.75) is 54.4 Å². The Labute approximate surface area is 123 Å². The molecule has 0 saturated heterocycles. The van der Waals surface area contributed by atoms with Gasteiger partial charge in [-0.2, -0.15) is 0 Å². The van der Waals surface area contributed by atoms with Crippen molar-refractivity contribution in [3.63, 3.8) is 0 Å². The topological polar surface area (TPSA) is 33.1 Å². The zero-order chi connectivity index (χ0) is 15.5. The molecule has 0 bridgehead atoms. The first kappa shape index (κ1) is 18.4. The van der Waals surface area contributed by atoms with Gasteiger partial charge in [-0.1, -0.05) is 66.2 Å². The minimum atomic E-state index is 0.308. The molecule has 2 rings (SSSR count). The Kier molecular flexibility index (Phi) is 9.44. The number of para-hydroxylation sites is 1. The molecule has 0 saturated carbocycles. The van der Waals surface area contributed by atoms with Crippen molar-refractivity contribution in [1.82, 2.24) is 4.98 Å². The van der Waals surface area contributed by atoms with Gasteiger partial charge in [0.25, 0.3) is 0 Å². The Balaban J connectivity index is 0.000000641. The maximum absolute atomic E-state index is 9.79. The molecule has 112 valence electrons. The fourth-order valence-electron chi connectivity index (χ4n) is 1.81. The SMILES string of the molecule is CC.CC(C)Cc1c(O)cnc2ccccc12.CCC. The lowest BCUT2D eigenvalue weighted by Crippen LogP contribution is -1.96. The summed E-state index contributed by atoms with van der Waals surface area (Å²) in [4.78, 5) is 4.20. The highest BCUT2D eigenvalue weighted by Gasteiger charge is 2.08. The van der Waals surface area contributed by atoms with Gasteiger partial charge in [0.15, 0.2) is 0 Å². The summed E-state index contributed by atoms with van der Waals surface area (Å²) in [5.74, 6) is 0.837. The van der Waals surface area contributed by atoms with Crippen LogP contribution in [0.1, 0.15) is 53.5 Å². The molecule has 0 atom stereocenters. The molecular weight excluding hydrogens is 246 g/mol. The quantitative estimate of drug-likeness (QED) is 0.776. The molecule has 1 aromatic heterocycles. The summed E-state index contributed by atoms with van der Waals surface area (Å²) in [6.07, 6.45) is 3.68. The van der Waals surface area contributed by atoms with Crippen LogP contribution in [-0.2, 0) is 6.42 Å². The molecule has 0 amide bonds. The van der Waals surface area contributed by atoms with Crippen molar-refractivity contribution < 1.29 is 5.11 Å². The van der Waals surface area contributed by atoms with E-state index in [1.165, 1.54) is 6.42 Å². The summed E-state index contributed by atoms with van der Waals surface area (Å²) >= 11 is 0. The van der Waals surface area contributed by atoms with Gasteiger partial charge in [0.1, 0.15) is 5.75 Å². The highest BCUT2D eigenvalue weighted by Crippen LogP contribution is 2.27. The van der Waals surface area contributed by atoms with Crippen LogP contribution in [0, 0.1) is 5.92 Å². The maximum Gasteiger partial charge on any atom is 0.137 e. The van der Waals surface area contributed by atoms with Crippen molar-refractivity contribution >= 4 is 10.9 Å². The Morgan fingerprint density at radius 2 is 1.65 bits per heavy atom. The largest absolute Gasteiger partial charge is 0.506 e. The summed E-state index contributed by atoms with van der Waals surface area (Å²) in [7, 11) is 0. The number of nitrogens with zero attached hydrogens (tertiary/aromatic N) is 1. The smallest absolute Gasteiger partial charge is 0.137 e. The molecule has 0 aliphatic rings. The average molecular weight is 275 g/mol. The van der Waals surface area contributed by atoms with Crippen LogP contribution in [0.4, 0.5) is 0 Å². The van der Waals surface area contributed by atoms with Gasteiger partial charge in [-0.05, 0) is 18.4 Å². The second kappa shape index (κ2) is 10.2. The normalized spacial score (nSPS) is 9.55. The molecule has 1 heterocycles. The Morgan fingerprint density at radius 3 is 2.20 bits per heavy atom. The predicted octanol–water partition coefficient (Wildman–Crippen LogP) is 5.58. The van der Waals surface area contributed by atoms with E-state index in [2.05, 4.69) is 32.7 Å². The second-order valence-electron chi connectivity index (χ2n) is 4.94. The number of aromatic hydroxyl groups is 1. The van der Waals surface area contributed by atoms with Crippen molar-refractivity contribution in [2.24, 2.45) is 5.92 Å². The first-order valence-electron chi connectivity index (χ1n) is 7.65. The van der Waals surface area contributed by atoms with E-state index >= 15 is 0 Å². The first-order valence-corrected chi connectivity index (χ1v) is 7.65. The van der Waals surface area contributed by atoms with E-state index in [1.54, 1.807) is 6.20 Å². The third-order valence-corrected chi connectivity index (χ3v) is 2.48. The third-order valence-electron chi connectivity index (χ3n) is 2.48.